The van der Waals surface area contributed by atoms with E-state index in [1.54, 1.807) is 7.11 Å². The van der Waals surface area contributed by atoms with E-state index in [-0.39, 0.29) is 0 Å². The van der Waals surface area contributed by atoms with Gasteiger partial charge in [-0.25, -0.2) is 15.8 Å². The quantitative estimate of drug-likeness (QED) is 0.602. The first-order valence-corrected chi connectivity index (χ1v) is 6.91. The van der Waals surface area contributed by atoms with Crippen molar-refractivity contribution >= 4 is 11.6 Å². The van der Waals surface area contributed by atoms with Crippen molar-refractivity contribution in [2.24, 2.45) is 11.8 Å². The van der Waals surface area contributed by atoms with Crippen molar-refractivity contribution in [3.05, 3.63) is 6.33 Å². The number of rotatable bonds is 5. The van der Waals surface area contributed by atoms with E-state index in [1.165, 1.54) is 19.2 Å². The van der Waals surface area contributed by atoms with Crippen LogP contribution in [0.5, 0.6) is 5.75 Å². The maximum Gasteiger partial charge on any atom is 0.205 e. The van der Waals surface area contributed by atoms with Crippen molar-refractivity contribution < 1.29 is 4.74 Å². The zero-order chi connectivity index (χ0) is 14.5. The van der Waals surface area contributed by atoms with Gasteiger partial charge in [0.05, 0.1) is 7.11 Å². The van der Waals surface area contributed by atoms with Gasteiger partial charge in [0.25, 0.3) is 0 Å². The summed E-state index contributed by atoms with van der Waals surface area (Å²) in [6, 6.07) is 0. The van der Waals surface area contributed by atoms with Crippen molar-refractivity contribution in [1.82, 2.24) is 14.9 Å². The molecule has 112 valence electrons. The summed E-state index contributed by atoms with van der Waals surface area (Å²) in [7, 11) is 5.81. The second-order valence-electron chi connectivity index (χ2n) is 5.35. The Morgan fingerprint density at radius 2 is 2.15 bits per heavy atom. The highest BCUT2D eigenvalue weighted by Crippen LogP contribution is 2.31. The Labute approximate surface area is 120 Å². The zero-order valence-electron chi connectivity index (χ0n) is 12.5. The van der Waals surface area contributed by atoms with Crippen molar-refractivity contribution in [3.63, 3.8) is 0 Å². The van der Waals surface area contributed by atoms with Gasteiger partial charge >= 0.3 is 0 Å². The lowest BCUT2D eigenvalue weighted by Crippen LogP contribution is -2.36. The summed E-state index contributed by atoms with van der Waals surface area (Å²) in [5.74, 6) is 8.00. The van der Waals surface area contributed by atoms with Gasteiger partial charge in [0.15, 0.2) is 11.6 Å². The number of nitrogens with two attached hydrogens (primary N) is 1. The fraction of sp³-hybridized carbons (Fsp3) is 0.692. The molecular weight excluding hydrogens is 256 g/mol. The van der Waals surface area contributed by atoms with Gasteiger partial charge in [0.1, 0.15) is 6.33 Å². The van der Waals surface area contributed by atoms with E-state index >= 15 is 0 Å². The summed E-state index contributed by atoms with van der Waals surface area (Å²) in [5.41, 5.74) is 2.54. The number of piperidine rings is 1. The molecule has 1 saturated heterocycles. The largest absolute Gasteiger partial charge is 0.490 e. The third kappa shape index (κ3) is 3.29. The first-order chi connectivity index (χ1) is 9.65. The highest BCUT2D eigenvalue weighted by molar-refractivity contribution is 5.64. The van der Waals surface area contributed by atoms with Gasteiger partial charge < -0.3 is 20.0 Å². The van der Waals surface area contributed by atoms with Crippen molar-refractivity contribution in [2.45, 2.75) is 12.8 Å². The van der Waals surface area contributed by atoms with E-state index in [0.717, 1.165) is 25.5 Å². The molecular formula is C13H24N6O. The number of aromatic nitrogens is 2. The molecule has 0 aliphatic carbocycles. The Hall–Kier alpha value is -1.60. The van der Waals surface area contributed by atoms with E-state index in [4.69, 9.17) is 10.6 Å². The molecule has 1 aliphatic heterocycles. The number of anilines is 2. The van der Waals surface area contributed by atoms with Crippen LogP contribution in [0.3, 0.4) is 0 Å². The van der Waals surface area contributed by atoms with Crippen molar-refractivity contribution in [3.8, 4) is 5.75 Å². The fourth-order valence-corrected chi connectivity index (χ4v) is 2.65. The van der Waals surface area contributed by atoms with E-state index in [1.807, 2.05) is 7.05 Å². The molecule has 1 fully saturated rings. The minimum Gasteiger partial charge on any atom is -0.490 e. The number of likely N-dealkylation sites (tertiary alicyclic amines) is 1. The molecule has 3 N–H and O–H groups in total. The zero-order valence-corrected chi connectivity index (χ0v) is 12.5. The second-order valence-corrected chi connectivity index (χ2v) is 5.35. The van der Waals surface area contributed by atoms with E-state index < -0.39 is 0 Å². The van der Waals surface area contributed by atoms with Gasteiger partial charge in [-0.1, -0.05) is 0 Å². The van der Waals surface area contributed by atoms with E-state index in [9.17, 15) is 0 Å². The first-order valence-electron chi connectivity index (χ1n) is 6.91. The van der Waals surface area contributed by atoms with E-state index in [0.29, 0.717) is 17.5 Å². The highest BCUT2D eigenvalue weighted by Gasteiger charge is 2.21. The summed E-state index contributed by atoms with van der Waals surface area (Å²) in [4.78, 5) is 12.9. The van der Waals surface area contributed by atoms with Crippen LogP contribution < -0.4 is 20.9 Å². The molecule has 7 nitrogen and oxygen atoms in total. The molecule has 2 heterocycles. The average Bonchev–Trinajstić information content (AvgIpc) is 2.48. The summed E-state index contributed by atoms with van der Waals surface area (Å²) < 4.78 is 5.38. The third-order valence-corrected chi connectivity index (χ3v) is 3.86. The van der Waals surface area contributed by atoms with Crippen LogP contribution in [-0.2, 0) is 0 Å². The van der Waals surface area contributed by atoms with Crippen LogP contribution in [0.2, 0.25) is 0 Å². The number of methoxy groups -OCH3 is 1. The maximum absolute atomic E-state index is 5.45. The van der Waals surface area contributed by atoms with Gasteiger partial charge in [-0.15, -0.1) is 0 Å². The summed E-state index contributed by atoms with van der Waals surface area (Å²) >= 11 is 0. The number of nitrogen functional groups attached to an aromatic ring is 1. The molecule has 0 atom stereocenters. The molecule has 0 aromatic carbocycles. The minimum absolute atomic E-state index is 0.507. The van der Waals surface area contributed by atoms with E-state index in [2.05, 4.69) is 32.2 Å². The number of nitrogens with zero attached hydrogens (tertiary/aromatic N) is 4. The number of hydrazine groups is 1. The van der Waals surface area contributed by atoms with Crippen molar-refractivity contribution in [2.75, 3.05) is 51.2 Å². The monoisotopic (exact) mass is 280 g/mol. The molecule has 0 spiro atoms. The topological polar surface area (TPSA) is 79.5 Å². The van der Waals surface area contributed by atoms with Crippen LogP contribution in [-0.4, -0.2) is 55.7 Å². The first kappa shape index (κ1) is 14.8. The molecule has 20 heavy (non-hydrogen) atoms. The molecule has 1 aromatic rings. The predicted molar refractivity (Wildman–Crippen MR) is 79.9 cm³/mol. The molecule has 1 aliphatic rings. The average molecular weight is 280 g/mol. The van der Waals surface area contributed by atoms with Crippen LogP contribution in [0, 0.1) is 5.92 Å². The maximum atomic E-state index is 5.45. The third-order valence-electron chi connectivity index (χ3n) is 3.86. The lowest BCUT2D eigenvalue weighted by molar-refractivity contribution is 0.222. The predicted octanol–water partition coefficient (Wildman–Crippen LogP) is 0.549. The van der Waals surface area contributed by atoms with Gasteiger partial charge in [-0.3, -0.25) is 0 Å². The van der Waals surface area contributed by atoms with Gasteiger partial charge in [0.2, 0.25) is 5.75 Å². The van der Waals surface area contributed by atoms with Crippen molar-refractivity contribution in [1.29, 1.82) is 0 Å². The lowest BCUT2D eigenvalue weighted by Gasteiger charge is -2.32. The second kappa shape index (κ2) is 6.71. The number of ether oxygens (including phenoxy) is 1. The number of hydrogen-bond acceptors (Lipinski definition) is 7. The number of nitrogens with one attached hydrogen (secondary N) is 1. The highest BCUT2D eigenvalue weighted by atomic mass is 16.5. The fourth-order valence-electron chi connectivity index (χ4n) is 2.65. The van der Waals surface area contributed by atoms with Gasteiger partial charge in [-0.2, -0.15) is 0 Å². The molecule has 1 aromatic heterocycles. The molecule has 0 unspecified atom stereocenters. The van der Waals surface area contributed by atoms with Crippen LogP contribution in [0.15, 0.2) is 6.33 Å². The van der Waals surface area contributed by atoms with Gasteiger partial charge in [0, 0.05) is 13.6 Å². The lowest BCUT2D eigenvalue weighted by atomic mass is 9.97. The number of hydrogen-bond donors (Lipinski definition) is 2. The van der Waals surface area contributed by atoms with Gasteiger partial charge in [-0.05, 0) is 38.9 Å². The Morgan fingerprint density at radius 3 is 2.75 bits per heavy atom. The molecule has 7 heteroatoms. The van der Waals surface area contributed by atoms with Crippen LogP contribution in [0.4, 0.5) is 11.6 Å². The normalized spacial score (nSPS) is 17.0. The summed E-state index contributed by atoms with van der Waals surface area (Å²) in [6.07, 6.45) is 3.94. The van der Waals surface area contributed by atoms with Crippen LogP contribution in [0.25, 0.3) is 0 Å². The standard InChI is InChI=1S/C13H24N6O/c1-18-6-4-10(5-7-18)8-19(2)13-11(20-3)12(17-14)15-9-16-13/h9-10H,4-8,14H2,1-3H3,(H,15,16,17). The minimum atomic E-state index is 0.507. The molecule has 2 rings (SSSR count). The Kier molecular flexibility index (Phi) is 4.97. The molecule has 0 amide bonds. The van der Waals surface area contributed by atoms with Crippen LogP contribution >= 0.6 is 0 Å². The molecule has 0 bridgehead atoms. The molecule has 0 saturated carbocycles. The smallest absolute Gasteiger partial charge is 0.205 e. The SMILES string of the molecule is COc1c(NN)ncnc1N(C)CC1CCN(C)CC1. The summed E-state index contributed by atoms with van der Waals surface area (Å²) in [5, 5.41) is 0. The Balaban J connectivity index is 2.07. The van der Waals surface area contributed by atoms with Crippen LogP contribution in [0.1, 0.15) is 12.8 Å². The molecule has 0 radical (unpaired) electrons. The Morgan fingerprint density at radius 1 is 1.45 bits per heavy atom. The summed E-state index contributed by atoms with van der Waals surface area (Å²) in [6.45, 7) is 3.29. The Bertz CT molecular complexity index is 433.